The van der Waals surface area contributed by atoms with Crippen LogP contribution in [0.5, 0.6) is 5.75 Å². The maximum atomic E-state index is 12.3. The van der Waals surface area contributed by atoms with E-state index in [1.807, 2.05) is 6.07 Å². The third-order valence-electron chi connectivity index (χ3n) is 4.18. The van der Waals surface area contributed by atoms with Gasteiger partial charge in [-0.15, -0.1) is 11.3 Å². The Bertz CT molecular complexity index is 761. The number of hydrogen-bond donors (Lipinski definition) is 2. The topological polar surface area (TPSA) is 92.5 Å². The number of phenolic OH excluding ortho intramolecular Hbond substituents is 1. The standard InChI is InChI=1S/C17H18N2O4S/c20-14-7-6-13(19(22)23)8-12(14)10-18-17(21)16-9-11-4-2-1-3-5-15(11)24-16/h6-9,20H,1-5,10H2,(H,18,21). The molecule has 0 aliphatic heterocycles. The summed E-state index contributed by atoms with van der Waals surface area (Å²) in [6.07, 6.45) is 5.60. The molecule has 7 heteroatoms. The Balaban J connectivity index is 1.70. The van der Waals surface area contributed by atoms with Crippen LogP contribution in [0.2, 0.25) is 0 Å². The molecule has 2 aromatic rings. The van der Waals surface area contributed by atoms with E-state index in [1.54, 1.807) is 0 Å². The molecule has 2 N–H and O–H groups in total. The van der Waals surface area contributed by atoms with E-state index in [0.717, 1.165) is 25.7 Å². The van der Waals surface area contributed by atoms with Crippen LogP contribution < -0.4 is 5.32 Å². The Morgan fingerprint density at radius 2 is 2.04 bits per heavy atom. The summed E-state index contributed by atoms with van der Waals surface area (Å²) in [4.78, 5) is 24.6. The molecule has 0 spiro atoms. The zero-order valence-electron chi connectivity index (χ0n) is 13.1. The molecule has 1 aromatic heterocycles. The molecule has 0 saturated heterocycles. The van der Waals surface area contributed by atoms with Gasteiger partial charge in [-0.2, -0.15) is 0 Å². The van der Waals surface area contributed by atoms with Crippen molar-refractivity contribution in [3.63, 3.8) is 0 Å². The summed E-state index contributed by atoms with van der Waals surface area (Å²) >= 11 is 1.52. The van der Waals surface area contributed by atoms with Crippen LogP contribution in [0.15, 0.2) is 24.3 Å². The van der Waals surface area contributed by atoms with Crippen LogP contribution in [-0.2, 0) is 19.4 Å². The normalized spacial score (nSPS) is 13.8. The highest BCUT2D eigenvalue weighted by Gasteiger charge is 2.17. The molecular formula is C17H18N2O4S. The smallest absolute Gasteiger partial charge is 0.270 e. The molecule has 0 unspecified atom stereocenters. The summed E-state index contributed by atoms with van der Waals surface area (Å²) in [5.74, 6) is -0.276. The zero-order valence-corrected chi connectivity index (χ0v) is 13.9. The molecule has 0 radical (unpaired) electrons. The highest BCUT2D eigenvalue weighted by molar-refractivity contribution is 7.14. The molecular weight excluding hydrogens is 328 g/mol. The van der Waals surface area contributed by atoms with Crippen LogP contribution in [0.4, 0.5) is 5.69 Å². The number of benzene rings is 1. The fourth-order valence-electron chi connectivity index (χ4n) is 2.87. The van der Waals surface area contributed by atoms with Crippen LogP contribution in [0.1, 0.15) is 44.9 Å². The van der Waals surface area contributed by atoms with E-state index in [2.05, 4.69) is 5.32 Å². The number of carbonyl (C=O) groups is 1. The van der Waals surface area contributed by atoms with Crippen molar-refractivity contribution >= 4 is 22.9 Å². The van der Waals surface area contributed by atoms with E-state index < -0.39 is 4.92 Å². The summed E-state index contributed by atoms with van der Waals surface area (Å²) in [6, 6.07) is 5.73. The van der Waals surface area contributed by atoms with E-state index in [0.29, 0.717) is 10.4 Å². The number of aryl methyl sites for hydroxylation is 2. The number of phenols is 1. The number of hydrogen-bond acceptors (Lipinski definition) is 5. The lowest BCUT2D eigenvalue weighted by atomic mass is 10.1. The van der Waals surface area contributed by atoms with Crippen molar-refractivity contribution < 1.29 is 14.8 Å². The number of nitro benzene ring substituents is 1. The van der Waals surface area contributed by atoms with Gasteiger partial charge in [0.25, 0.3) is 11.6 Å². The third kappa shape index (κ3) is 3.56. The number of nitrogens with one attached hydrogen (secondary N) is 1. The second-order valence-electron chi connectivity index (χ2n) is 5.87. The fourth-order valence-corrected chi connectivity index (χ4v) is 4.04. The van der Waals surface area contributed by atoms with E-state index in [9.17, 15) is 20.0 Å². The van der Waals surface area contributed by atoms with Crippen molar-refractivity contribution in [2.24, 2.45) is 0 Å². The SMILES string of the molecule is O=C(NCc1cc([N+](=O)[O-])ccc1O)c1cc2c(s1)CCCCC2. The average Bonchev–Trinajstić information content (AvgIpc) is 2.84. The predicted octanol–water partition coefficient (Wildman–Crippen LogP) is 3.56. The van der Waals surface area contributed by atoms with Gasteiger partial charge in [-0.1, -0.05) is 6.42 Å². The predicted molar refractivity (Wildman–Crippen MR) is 91.5 cm³/mol. The number of rotatable bonds is 4. The van der Waals surface area contributed by atoms with Crippen molar-refractivity contribution in [3.8, 4) is 5.75 Å². The average molecular weight is 346 g/mol. The summed E-state index contributed by atoms with van der Waals surface area (Å²) in [5.41, 5.74) is 1.48. The molecule has 24 heavy (non-hydrogen) atoms. The van der Waals surface area contributed by atoms with Gasteiger partial charge in [-0.25, -0.2) is 0 Å². The second kappa shape index (κ2) is 7.00. The zero-order chi connectivity index (χ0) is 17.1. The highest BCUT2D eigenvalue weighted by atomic mass is 32.1. The molecule has 0 bridgehead atoms. The van der Waals surface area contributed by atoms with Crippen molar-refractivity contribution in [1.82, 2.24) is 5.32 Å². The second-order valence-corrected chi connectivity index (χ2v) is 7.01. The maximum Gasteiger partial charge on any atom is 0.270 e. The Labute approximate surface area is 143 Å². The van der Waals surface area contributed by atoms with Crippen molar-refractivity contribution in [1.29, 1.82) is 0 Å². The molecule has 0 fully saturated rings. The van der Waals surface area contributed by atoms with E-state index in [4.69, 9.17) is 0 Å². The third-order valence-corrected chi connectivity index (χ3v) is 5.42. The Kier molecular flexibility index (Phi) is 4.80. The maximum absolute atomic E-state index is 12.3. The van der Waals surface area contributed by atoms with Crippen LogP contribution in [0.25, 0.3) is 0 Å². The summed E-state index contributed by atoms with van der Waals surface area (Å²) in [5, 5.41) is 23.3. The van der Waals surface area contributed by atoms with Crippen LogP contribution >= 0.6 is 11.3 Å². The Morgan fingerprint density at radius 3 is 2.83 bits per heavy atom. The lowest BCUT2D eigenvalue weighted by Crippen LogP contribution is -2.21. The number of nitro groups is 1. The van der Waals surface area contributed by atoms with Gasteiger partial charge in [0.15, 0.2) is 0 Å². The quantitative estimate of drug-likeness (QED) is 0.503. The summed E-state index contributed by atoms with van der Waals surface area (Å²) in [7, 11) is 0. The first kappa shape index (κ1) is 16.4. The van der Waals surface area contributed by atoms with E-state index >= 15 is 0 Å². The minimum absolute atomic E-state index is 0.0505. The van der Waals surface area contributed by atoms with E-state index in [1.165, 1.54) is 46.4 Å². The number of fused-ring (bicyclic) bond motifs is 1. The van der Waals surface area contributed by atoms with Gasteiger partial charge in [0.2, 0.25) is 0 Å². The van der Waals surface area contributed by atoms with Gasteiger partial charge in [0, 0.05) is 29.1 Å². The Hall–Kier alpha value is -2.41. The number of non-ortho nitro benzene ring substituents is 1. The largest absolute Gasteiger partial charge is 0.508 e. The molecule has 6 nitrogen and oxygen atoms in total. The van der Waals surface area contributed by atoms with Crippen LogP contribution in [0, 0.1) is 10.1 Å². The van der Waals surface area contributed by atoms with Crippen LogP contribution in [0.3, 0.4) is 0 Å². The molecule has 1 aliphatic rings. The molecule has 126 valence electrons. The van der Waals surface area contributed by atoms with Crippen molar-refractivity contribution in [3.05, 3.63) is 55.3 Å². The molecule has 1 aliphatic carbocycles. The molecule has 0 atom stereocenters. The highest BCUT2D eigenvalue weighted by Crippen LogP contribution is 2.29. The van der Waals surface area contributed by atoms with Gasteiger partial charge >= 0.3 is 0 Å². The molecule has 1 amide bonds. The van der Waals surface area contributed by atoms with Gasteiger partial charge in [0.1, 0.15) is 5.75 Å². The number of nitrogens with zero attached hydrogens (tertiary/aromatic N) is 1. The lowest BCUT2D eigenvalue weighted by molar-refractivity contribution is -0.384. The van der Waals surface area contributed by atoms with Crippen molar-refractivity contribution in [2.45, 2.75) is 38.6 Å². The fraction of sp³-hybridized carbons (Fsp3) is 0.353. The van der Waals surface area contributed by atoms with Crippen LogP contribution in [-0.4, -0.2) is 15.9 Å². The van der Waals surface area contributed by atoms with E-state index in [-0.39, 0.29) is 23.9 Å². The van der Waals surface area contributed by atoms with Gasteiger partial charge in [-0.05, 0) is 43.4 Å². The van der Waals surface area contributed by atoms with Gasteiger partial charge in [0.05, 0.1) is 9.80 Å². The minimum Gasteiger partial charge on any atom is -0.508 e. The first-order chi connectivity index (χ1) is 11.5. The van der Waals surface area contributed by atoms with Crippen molar-refractivity contribution in [2.75, 3.05) is 0 Å². The Morgan fingerprint density at radius 1 is 1.25 bits per heavy atom. The minimum atomic E-state index is -0.527. The lowest BCUT2D eigenvalue weighted by Gasteiger charge is -2.06. The first-order valence-corrected chi connectivity index (χ1v) is 8.72. The molecule has 3 rings (SSSR count). The number of thiophene rings is 1. The molecule has 0 saturated carbocycles. The summed E-state index contributed by atoms with van der Waals surface area (Å²) < 4.78 is 0. The van der Waals surface area contributed by atoms with Gasteiger partial charge in [-0.3, -0.25) is 14.9 Å². The molecule has 1 heterocycles. The summed E-state index contributed by atoms with van der Waals surface area (Å²) in [6.45, 7) is 0.0505. The first-order valence-electron chi connectivity index (χ1n) is 7.90. The number of carbonyl (C=O) groups excluding carboxylic acids is 1. The molecule has 1 aromatic carbocycles. The monoisotopic (exact) mass is 346 g/mol. The number of aromatic hydroxyl groups is 1. The van der Waals surface area contributed by atoms with Gasteiger partial charge < -0.3 is 10.4 Å². The number of amides is 1.